The van der Waals surface area contributed by atoms with Crippen molar-refractivity contribution in [3.63, 3.8) is 0 Å². The van der Waals surface area contributed by atoms with Crippen molar-refractivity contribution < 1.29 is 14.0 Å². The van der Waals surface area contributed by atoms with Crippen LogP contribution < -0.4 is 10.6 Å². The van der Waals surface area contributed by atoms with Crippen molar-refractivity contribution in [1.29, 1.82) is 0 Å². The SMILES string of the molecule is Cc1cc2cc(NC(=O)C(C)NC(=O)c3ccoc3)ccc2[nH]1. The van der Waals surface area contributed by atoms with Crippen LogP contribution >= 0.6 is 0 Å². The zero-order valence-corrected chi connectivity index (χ0v) is 12.8. The lowest BCUT2D eigenvalue weighted by Crippen LogP contribution is -2.41. The lowest BCUT2D eigenvalue weighted by Gasteiger charge is -2.13. The van der Waals surface area contributed by atoms with Crippen LogP contribution in [-0.2, 0) is 4.79 Å². The van der Waals surface area contributed by atoms with Gasteiger partial charge in [0, 0.05) is 22.3 Å². The summed E-state index contributed by atoms with van der Waals surface area (Å²) in [5.74, 6) is -0.633. The molecule has 1 aromatic carbocycles. The average molecular weight is 311 g/mol. The van der Waals surface area contributed by atoms with Gasteiger partial charge >= 0.3 is 0 Å². The minimum Gasteiger partial charge on any atom is -0.472 e. The summed E-state index contributed by atoms with van der Waals surface area (Å²) in [5.41, 5.74) is 3.14. The van der Waals surface area contributed by atoms with Crippen molar-refractivity contribution in [2.45, 2.75) is 19.9 Å². The molecule has 1 unspecified atom stereocenters. The van der Waals surface area contributed by atoms with Gasteiger partial charge in [-0.15, -0.1) is 0 Å². The molecule has 6 heteroatoms. The van der Waals surface area contributed by atoms with Gasteiger partial charge in [-0.05, 0) is 44.2 Å². The van der Waals surface area contributed by atoms with Crippen LogP contribution in [0.1, 0.15) is 23.0 Å². The number of amides is 2. The van der Waals surface area contributed by atoms with Crippen LogP contribution in [0.3, 0.4) is 0 Å². The maximum atomic E-state index is 12.2. The molecule has 0 fully saturated rings. The Morgan fingerprint density at radius 3 is 2.78 bits per heavy atom. The molecule has 6 nitrogen and oxygen atoms in total. The first-order valence-electron chi connectivity index (χ1n) is 7.26. The molecule has 0 aliphatic rings. The number of hydrogen-bond donors (Lipinski definition) is 3. The number of hydrogen-bond acceptors (Lipinski definition) is 3. The summed E-state index contributed by atoms with van der Waals surface area (Å²) in [4.78, 5) is 27.3. The van der Waals surface area contributed by atoms with Crippen molar-refractivity contribution >= 4 is 28.4 Å². The van der Waals surface area contributed by atoms with Crippen molar-refractivity contribution in [3.8, 4) is 0 Å². The van der Waals surface area contributed by atoms with E-state index < -0.39 is 6.04 Å². The van der Waals surface area contributed by atoms with Crippen LogP contribution in [0.5, 0.6) is 0 Å². The highest BCUT2D eigenvalue weighted by molar-refractivity contribution is 6.01. The van der Waals surface area contributed by atoms with Crippen molar-refractivity contribution in [2.24, 2.45) is 0 Å². The number of aromatic amines is 1. The van der Waals surface area contributed by atoms with E-state index in [0.29, 0.717) is 11.3 Å². The van der Waals surface area contributed by atoms with Gasteiger partial charge in [0.2, 0.25) is 5.91 Å². The van der Waals surface area contributed by atoms with E-state index in [4.69, 9.17) is 4.42 Å². The maximum Gasteiger partial charge on any atom is 0.255 e. The summed E-state index contributed by atoms with van der Waals surface area (Å²) in [6.07, 6.45) is 2.75. The summed E-state index contributed by atoms with van der Waals surface area (Å²) < 4.78 is 4.85. The first kappa shape index (κ1) is 14.9. The van der Waals surface area contributed by atoms with Crippen molar-refractivity contribution in [1.82, 2.24) is 10.3 Å². The Bertz CT molecular complexity index is 849. The molecule has 3 N–H and O–H groups in total. The van der Waals surface area contributed by atoms with Gasteiger partial charge in [0.15, 0.2) is 0 Å². The molecule has 2 aromatic heterocycles. The van der Waals surface area contributed by atoms with Gasteiger partial charge < -0.3 is 20.0 Å². The van der Waals surface area contributed by atoms with E-state index in [9.17, 15) is 9.59 Å². The van der Waals surface area contributed by atoms with Crippen LogP contribution in [0.25, 0.3) is 10.9 Å². The predicted molar refractivity (Wildman–Crippen MR) is 87.3 cm³/mol. The molecule has 0 bridgehead atoms. The van der Waals surface area contributed by atoms with Gasteiger partial charge in [-0.2, -0.15) is 0 Å². The number of fused-ring (bicyclic) bond motifs is 1. The van der Waals surface area contributed by atoms with Crippen LogP contribution in [0.4, 0.5) is 5.69 Å². The summed E-state index contributed by atoms with van der Waals surface area (Å²) in [7, 11) is 0. The molecule has 3 aromatic rings. The van der Waals surface area contributed by atoms with Crippen LogP contribution in [0.15, 0.2) is 47.3 Å². The van der Waals surface area contributed by atoms with E-state index in [0.717, 1.165) is 16.6 Å². The zero-order valence-electron chi connectivity index (χ0n) is 12.8. The first-order chi connectivity index (χ1) is 11.0. The van der Waals surface area contributed by atoms with E-state index in [1.165, 1.54) is 12.5 Å². The minimum absolute atomic E-state index is 0.284. The minimum atomic E-state index is -0.666. The Kier molecular flexibility index (Phi) is 3.89. The average Bonchev–Trinajstić information content (AvgIpc) is 3.14. The normalized spacial score (nSPS) is 12.1. The lowest BCUT2D eigenvalue weighted by atomic mass is 10.2. The van der Waals surface area contributed by atoms with Crippen LogP contribution in [0, 0.1) is 6.92 Å². The Labute approximate surface area is 132 Å². The summed E-state index contributed by atoms with van der Waals surface area (Å²) in [6.45, 7) is 3.61. The highest BCUT2D eigenvalue weighted by Gasteiger charge is 2.17. The summed E-state index contributed by atoms with van der Waals surface area (Å²) >= 11 is 0. The third kappa shape index (κ3) is 3.26. The number of aromatic nitrogens is 1. The number of benzene rings is 1. The van der Waals surface area contributed by atoms with Crippen LogP contribution in [-0.4, -0.2) is 22.8 Å². The molecule has 1 atom stereocenters. The fraction of sp³-hybridized carbons (Fsp3) is 0.176. The summed E-state index contributed by atoms with van der Waals surface area (Å²) in [6, 6.07) is 8.51. The van der Waals surface area contributed by atoms with E-state index in [1.807, 2.05) is 31.2 Å². The molecule has 0 aliphatic carbocycles. The zero-order chi connectivity index (χ0) is 16.4. The number of aryl methyl sites for hydroxylation is 1. The Morgan fingerprint density at radius 2 is 2.04 bits per heavy atom. The van der Waals surface area contributed by atoms with E-state index in [-0.39, 0.29) is 11.8 Å². The molecule has 0 saturated heterocycles. The van der Waals surface area contributed by atoms with Crippen LogP contribution in [0.2, 0.25) is 0 Å². The quantitative estimate of drug-likeness (QED) is 0.692. The highest BCUT2D eigenvalue weighted by Crippen LogP contribution is 2.19. The van der Waals surface area contributed by atoms with Gasteiger partial charge in [-0.25, -0.2) is 0 Å². The number of anilines is 1. The molecular weight excluding hydrogens is 294 g/mol. The molecule has 3 rings (SSSR count). The maximum absolute atomic E-state index is 12.2. The topological polar surface area (TPSA) is 87.1 Å². The van der Waals surface area contributed by atoms with Gasteiger partial charge in [-0.1, -0.05) is 0 Å². The van der Waals surface area contributed by atoms with E-state index >= 15 is 0 Å². The molecule has 0 spiro atoms. The molecule has 0 saturated carbocycles. The number of rotatable bonds is 4. The Morgan fingerprint density at radius 1 is 1.22 bits per heavy atom. The number of nitrogens with one attached hydrogen (secondary N) is 3. The van der Waals surface area contributed by atoms with Crippen molar-refractivity contribution in [2.75, 3.05) is 5.32 Å². The Hall–Kier alpha value is -3.02. The number of carbonyl (C=O) groups is 2. The highest BCUT2D eigenvalue weighted by atomic mass is 16.3. The summed E-state index contributed by atoms with van der Waals surface area (Å²) in [5, 5.41) is 6.45. The van der Waals surface area contributed by atoms with E-state index in [2.05, 4.69) is 15.6 Å². The largest absolute Gasteiger partial charge is 0.472 e. The predicted octanol–water partition coefficient (Wildman–Crippen LogP) is 2.83. The number of furan rings is 1. The molecular formula is C17H17N3O3. The van der Waals surface area contributed by atoms with Gasteiger partial charge in [-0.3, -0.25) is 9.59 Å². The lowest BCUT2D eigenvalue weighted by molar-refractivity contribution is -0.117. The Balaban J connectivity index is 1.66. The van der Waals surface area contributed by atoms with Gasteiger partial charge in [0.1, 0.15) is 12.3 Å². The van der Waals surface area contributed by atoms with Gasteiger partial charge in [0.05, 0.1) is 11.8 Å². The second-order valence-electron chi connectivity index (χ2n) is 5.45. The van der Waals surface area contributed by atoms with Gasteiger partial charge in [0.25, 0.3) is 5.91 Å². The monoisotopic (exact) mass is 311 g/mol. The van der Waals surface area contributed by atoms with Crippen molar-refractivity contribution in [3.05, 3.63) is 54.1 Å². The molecule has 0 radical (unpaired) electrons. The molecule has 0 aliphatic heterocycles. The standard InChI is InChI=1S/C17H17N3O3/c1-10-7-13-8-14(3-4-15(13)18-10)20-16(21)11(2)19-17(22)12-5-6-23-9-12/h3-9,11,18H,1-2H3,(H,19,22)(H,20,21). The third-order valence-corrected chi connectivity index (χ3v) is 3.55. The molecule has 2 heterocycles. The van der Waals surface area contributed by atoms with E-state index in [1.54, 1.807) is 13.0 Å². The fourth-order valence-corrected chi connectivity index (χ4v) is 2.35. The fourth-order valence-electron chi connectivity index (χ4n) is 2.35. The second-order valence-corrected chi connectivity index (χ2v) is 5.45. The molecule has 2 amide bonds. The number of carbonyl (C=O) groups excluding carboxylic acids is 2. The smallest absolute Gasteiger partial charge is 0.255 e. The second kappa shape index (κ2) is 6.00. The molecule has 118 valence electrons. The number of H-pyrrole nitrogens is 1. The first-order valence-corrected chi connectivity index (χ1v) is 7.26. The third-order valence-electron chi connectivity index (χ3n) is 3.55. The molecule has 23 heavy (non-hydrogen) atoms.